The van der Waals surface area contributed by atoms with Gasteiger partial charge in [-0.3, -0.25) is 14.4 Å². The molecular formula is C22H28N4O4. The van der Waals surface area contributed by atoms with Crippen LogP contribution in [0.25, 0.3) is 10.9 Å². The maximum absolute atomic E-state index is 13.4. The standard InChI is InChI=1S/C22H28N4O4/c1-15(27)25-10-8-16(9-11-25)22(29)26(13-17-5-4-12-30-17)14-20-23-19-7-3-2-6-18(19)21(28)24-20/h2-3,6-7,16-17H,4-5,8-14H2,1H3,(H,23,24,28). The molecule has 0 bridgehead atoms. The van der Waals surface area contributed by atoms with Crippen molar-refractivity contribution < 1.29 is 14.3 Å². The first-order valence-corrected chi connectivity index (χ1v) is 10.6. The summed E-state index contributed by atoms with van der Waals surface area (Å²) in [5.74, 6) is 0.444. The molecule has 3 heterocycles. The van der Waals surface area contributed by atoms with Crippen molar-refractivity contribution in [1.29, 1.82) is 0 Å². The molecule has 0 radical (unpaired) electrons. The summed E-state index contributed by atoms with van der Waals surface area (Å²) in [7, 11) is 0. The second-order valence-electron chi connectivity index (χ2n) is 8.16. The van der Waals surface area contributed by atoms with Crippen molar-refractivity contribution in [1.82, 2.24) is 19.8 Å². The molecule has 4 rings (SSSR count). The van der Waals surface area contributed by atoms with Crippen LogP contribution in [0.2, 0.25) is 0 Å². The number of hydrogen-bond donors (Lipinski definition) is 1. The fraction of sp³-hybridized carbons (Fsp3) is 0.545. The van der Waals surface area contributed by atoms with Gasteiger partial charge >= 0.3 is 0 Å². The lowest BCUT2D eigenvalue weighted by Crippen LogP contribution is -2.45. The Hall–Kier alpha value is -2.74. The Kier molecular flexibility index (Phi) is 6.13. The third-order valence-electron chi connectivity index (χ3n) is 6.05. The number of nitrogens with zero attached hydrogens (tertiary/aromatic N) is 3. The number of aromatic nitrogens is 2. The number of piperidine rings is 1. The van der Waals surface area contributed by atoms with E-state index in [0.29, 0.717) is 49.2 Å². The predicted molar refractivity (Wildman–Crippen MR) is 112 cm³/mol. The number of likely N-dealkylation sites (tertiary alicyclic amines) is 1. The molecule has 1 unspecified atom stereocenters. The van der Waals surface area contributed by atoms with Crippen molar-refractivity contribution in [3.63, 3.8) is 0 Å². The van der Waals surface area contributed by atoms with Crippen molar-refractivity contribution in [2.75, 3.05) is 26.2 Å². The van der Waals surface area contributed by atoms with Gasteiger partial charge in [0.05, 0.1) is 23.6 Å². The lowest BCUT2D eigenvalue weighted by atomic mass is 9.95. The fourth-order valence-corrected chi connectivity index (χ4v) is 4.36. The molecule has 1 aromatic carbocycles. The summed E-state index contributed by atoms with van der Waals surface area (Å²) in [4.78, 5) is 48.4. The molecule has 8 heteroatoms. The smallest absolute Gasteiger partial charge is 0.258 e. The molecule has 2 saturated heterocycles. The molecule has 30 heavy (non-hydrogen) atoms. The highest BCUT2D eigenvalue weighted by molar-refractivity contribution is 5.80. The SMILES string of the molecule is CC(=O)N1CCC(C(=O)N(Cc2nc3ccccc3c(=O)[nH]2)CC2CCCO2)CC1. The van der Waals surface area contributed by atoms with Crippen molar-refractivity contribution in [3.8, 4) is 0 Å². The number of aromatic amines is 1. The molecule has 8 nitrogen and oxygen atoms in total. The number of fused-ring (bicyclic) bond motifs is 1. The highest BCUT2D eigenvalue weighted by Crippen LogP contribution is 2.23. The Bertz CT molecular complexity index is 975. The number of carbonyl (C=O) groups is 2. The van der Waals surface area contributed by atoms with E-state index >= 15 is 0 Å². The molecule has 2 aliphatic heterocycles. The van der Waals surface area contributed by atoms with Gasteiger partial charge in [-0.05, 0) is 37.8 Å². The molecule has 2 amide bonds. The topological polar surface area (TPSA) is 95.6 Å². The van der Waals surface area contributed by atoms with Crippen molar-refractivity contribution in [2.24, 2.45) is 5.92 Å². The molecule has 0 aliphatic carbocycles. The van der Waals surface area contributed by atoms with Gasteiger partial charge in [-0.2, -0.15) is 0 Å². The molecule has 2 aromatic rings. The fourth-order valence-electron chi connectivity index (χ4n) is 4.36. The number of nitrogens with one attached hydrogen (secondary N) is 1. The zero-order chi connectivity index (χ0) is 21.1. The maximum Gasteiger partial charge on any atom is 0.258 e. The van der Waals surface area contributed by atoms with Crippen LogP contribution in [0.15, 0.2) is 29.1 Å². The minimum atomic E-state index is -0.199. The van der Waals surface area contributed by atoms with Gasteiger partial charge in [0, 0.05) is 39.1 Å². The van der Waals surface area contributed by atoms with E-state index in [9.17, 15) is 14.4 Å². The van der Waals surface area contributed by atoms with Gasteiger partial charge in [-0.1, -0.05) is 12.1 Å². The van der Waals surface area contributed by atoms with Gasteiger partial charge in [-0.15, -0.1) is 0 Å². The summed E-state index contributed by atoms with van der Waals surface area (Å²) in [5, 5.41) is 0.537. The molecule has 1 aromatic heterocycles. The average molecular weight is 412 g/mol. The number of rotatable bonds is 5. The molecule has 2 fully saturated rings. The zero-order valence-electron chi connectivity index (χ0n) is 17.3. The molecule has 160 valence electrons. The lowest BCUT2D eigenvalue weighted by molar-refractivity contribution is -0.142. The molecule has 1 atom stereocenters. The van der Waals surface area contributed by atoms with Gasteiger partial charge in [0.1, 0.15) is 5.82 Å². The van der Waals surface area contributed by atoms with Crippen LogP contribution in [-0.2, 0) is 20.9 Å². The van der Waals surface area contributed by atoms with Crippen LogP contribution in [0, 0.1) is 5.92 Å². The molecule has 1 N–H and O–H groups in total. The van der Waals surface area contributed by atoms with E-state index in [2.05, 4.69) is 9.97 Å². The van der Waals surface area contributed by atoms with Crippen LogP contribution in [0.4, 0.5) is 0 Å². The van der Waals surface area contributed by atoms with Crippen LogP contribution >= 0.6 is 0 Å². The monoisotopic (exact) mass is 412 g/mol. The van der Waals surface area contributed by atoms with Crippen LogP contribution in [-0.4, -0.2) is 63.9 Å². The van der Waals surface area contributed by atoms with Gasteiger partial charge in [0.2, 0.25) is 11.8 Å². The molecule has 2 aliphatic rings. The Morgan fingerprint density at radius 2 is 2.00 bits per heavy atom. The summed E-state index contributed by atoms with van der Waals surface area (Å²) in [6.07, 6.45) is 3.24. The van der Waals surface area contributed by atoms with E-state index in [1.807, 2.05) is 6.07 Å². The molecule has 0 saturated carbocycles. The minimum absolute atomic E-state index is 0.0124. The first kappa shape index (κ1) is 20.5. The van der Waals surface area contributed by atoms with E-state index < -0.39 is 0 Å². The third-order valence-corrected chi connectivity index (χ3v) is 6.05. The van der Waals surface area contributed by atoms with Crippen LogP contribution < -0.4 is 5.56 Å². The number of para-hydroxylation sites is 1. The van der Waals surface area contributed by atoms with E-state index in [1.165, 1.54) is 0 Å². The molecule has 0 spiro atoms. The Morgan fingerprint density at radius 3 is 2.70 bits per heavy atom. The van der Waals surface area contributed by atoms with Gasteiger partial charge < -0.3 is 19.5 Å². The van der Waals surface area contributed by atoms with Gasteiger partial charge in [-0.25, -0.2) is 4.98 Å². The highest BCUT2D eigenvalue weighted by atomic mass is 16.5. The summed E-state index contributed by atoms with van der Waals surface area (Å²) >= 11 is 0. The number of hydrogen-bond acceptors (Lipinski definition) is 5. The average Bonchev–Trinajstić information content (AvgIpc) is 3.26. The Balaban J connectivity index is 1.53. The van der Waals surface area contributed by atoms with Crippen LogP contribution in [0.5, 0.6) is 0 Å². The van der Waals surface area contributed by atoms with Crippen molar-refractivity contribution in [3.05, 3.63) is 40.4 Å². The second-order valence-corrected chi connectivity index (χ2v) is 8.16. The van der Waals surface area contributed by atoms with E-state index in [4.69, 9.17) is 4.74 Å². The first-order chi connectivity index (χ1) is 14.5. The van der Waals surface area contributed by atoms with E-state index in [0.717, 1.165) is 19.4 Å². The predicted octanol–water partition coefficient (Wildman–Crippen LogP) is 1.69. The normalized spacial score (nSPS) is 19.9. The summed E-state index contributed by atoms with van der Waals surface area (Å²) in [6.45, 7) is 4.21. The maximum atomic E-state index is 13.4. The van der Waals surface area contributed by atoms with Crippen LogP contribution in [0.1, 0.15) is 38.4 Å². The number of ether oxygens (including phenoxy) is 1. The number of carbonyl (C=O) groups excluding carboxylic acids is 2. The Morgan fingerprint density at radius 1 is 1.23 bits per heavy atom. The minimum Gasteiger partial charge on any atom is -0.376 e. The van der Waals surface area contributed by atoms with Crippen molar-refractivity contribution in [2.45, 2.75) is 45.3 Å². The van der Waals surface area contributed by atoms with Gasteiger partial charge in [0.15, 0.2) is 0 Å². The highest BCUT2D eigenvalue weighted by Gasteiger charge is 2.31. The van der Waals surface area contributed by atoms with Gasteiger partial charge in [0.25, 0.3) is 5.56 Å². The van der Waals surface area contributed by atoms with Crippen molar-refractivity contribution >= 4 is 22.7 Å². The summed E-state index contributed by atoms with van der Waals surface area (Å²) in [6, 6.07) is 7.19. The molecular weight excluding hydrogens is 384 g/mol. The number of benzene rings is 1. The number of H-pyrrole nitrogens is 1. The number of amides is 2. The zero-order valence-corrected chi connectivity index (χ0v) is 17.3. The quantitative estimate of drug-likeness (QED) is 0.806. The summed E-state index contributed by atoms with van der Waals surface area (Å²) in [5.41, 5.74) is 0.422. The Labute approximate surface area is 175 Å². The van der Waals surface area contributed by atoms with Crippen LogP contribution in [0.3, 0.4) is 0 Å². The lowest BCUT2D eigenvalue weighted by Gasteiger charge is -2.34. The largest absolute Gasteiger partial charge is 0.376 e. The second kappa shape index (κ2) is 8.95. The third kappa shape index (κ3) is 4.53. The first-order valence-electron chi connectivity index (χ1n) is 10.6. The van der Waals surface area contributed by atoms with E-state index in [-0.39, 0.29) is 35.9 Å². The van der Waals surface area contributed by atoms with E-state index in [1.54, 1.807) is 34.9 Å². The summed E-state index contributed by atoms with van der Waals surface area (Å²) < 4.78 is 5.76.